The molecule has 1 aliphatic heterocycles. The summed E-state index contributed by atoms with van der Waals surface area (Å²) in [6.07, 6.45) is 1.73. The number of hydrogen-bond acceptors (Lipinski definition) is 5. The predicted molar refractivity (Wildman–Crippen MR) is 98.8 cm³/mol. The average molecular weight is 389 g/mol. The Morgan fingerprint density at radius 3 is 2.61 bits per heavy atom. The van der Waals surface area contributed by atoms with E-state index >= 15 is 0 Å². The Balaban J connectivity index is 2.23. The van der Waals surface area contributed by atoms with Crippen LogP contribution in [0.5, 0.6) is 0 Å². The zero-order valence-electron chi connectivity index (χ0n) is 15.1. The molecule has 150 valence electrons. The predicted octanol–water partition coefficient (Wildman–Crippen LogP) is -1.44. The molecule has 1 aromatic rings. The standard InChI is InChI=1S/C18H23N5O5/c19-15(25)8-13(16(20)26)22-17(27)14-7-12(24)10-23(14)18(28)11-5-3-1-2-4-6-21-9-11/h1-6,9,12-14,21,24H,7-8,10H2,(H2,19,25)(H2,20,26)(H,22,27)/t12?,13-,14-/m0/s1. The SMILES string of the molecule is NC(=O)C[C@H](NC(=O)[C@@H]1CC(O)CN1C(=O)c1cccccc[nH]c1)C(N)=O. The minimum atomic E-state index is -1.29. The number of hydrogen-bond donors (Lipinski definition) is 5. The molecule has 1 unspecified atom stereocenters. The van der Waals surface area contributed by atoms with Gasteiger partial charge in [-0.25, -0.2) is 0 Å². The van der Waals surface area contributed by atoms with Crippen LogP contribution in [0, 0.1) is 0 Å². The van der Waals surface area contributed by atoms with Crippen LogP contribution in [0.1, 0.15) is 23.2 Å². The van der Waals surface area contributed by atoms with E-state index in [1.54, 1.807) is 36.5 Å². The minimum absolute atomic E-state index is 0.0101. The van der Waals surface area contributed by atoms with Crippen molar-refractivity contribution in [2.24, 2.45) is 11.5 Å². The topological polar surface area (TPSA) is 172 Å². The van der Waals surface area contributed by atoms with Crippen molar-refractivity contribution in [2.75, 3.05) is 6.54 Å². The van der Waals surface area contributed by atoms with Gasteiger partial charge in [0.25, 0.3) is 5.91 Å². The number of carbonyl (C=O) groups is 4. The number of aromatic amines is 1. The number of primary amides is 2. The van der Waals surface area contributed by atoms with Crippen LogP contribution in [0.4, 0.5) is 0 Å². The molecule has 4 amide bonds. The molecule has 3 atom stereocenters. The molecule has 0 saturated carbocycles. The number of amides is 4. The number of nitrogens with one attached hydrogen (secondary N) is 2. The van der Waals surface area contributed by atoms with Gasteiger partial charge >= 0.3 is 0 Å². The lowest BCUT2D eigenvalue weighted by atomic mass is 10.1. The number of nitrogens with two attached hydrogens (primary N) is 2. The van der Waals surface area contributed by atoms with E-state index in [9.17, 15) is 24.3 Å². The van der Waals surface area contributed by atoms with E-state index < -0.39 is 48.2 Å². The highest BCUT2D eigenvalue weighted by molar-refractivity contribution is 5.99. The van der Waals surface area contributed by atoms with Crippen LogP contribution in [0.3, 0.4) is 0 Å². The van der Waals surface area contributed by atoms with Gasteiger partial charge in [-0.1, -0.05) is 18.2 Å². The van der Waals surface area contributed by atoms with Gasteiger partial charge in [-0.15, -0.1) is 0 Å². The third kappa shape index (κ3) is 5.55. The summed E-state index contributed by atoms with van der Waals surface area (Å²) in [4.78, 5) is 52.1. The van der Waals surface area contributed by atoms with Crippen molar-refractivity contribution >= 4 is 23.6 Å². The number of likely N-dealkylation sites (tertiary alicyclic amines) is 1. The molecular formula is C18H23N5O5. The lowest BCUT2D eigenvalue weighted by Crippen LogP contribution is -2.53. The number of aliphatic hydroxyl groups excluding tert-OH is 1. The first kappa shape index (κ1) is 20.9. The number of aliphatic hydroxyl groups is 1. The van der Waals surface area contributed by atoms with Crippen molar-refractivity contribution in [2.45, 2.75) is 31.0 Å². The van der Waals surface area contributed by atoms with Crippen LogP contribution in [0.2, 0.25) is 0 Å². The molecule has 2 rings (SSSR count). The molecular weight excluding hydrogens is 366 g/mol. The molecule has 1 aliphatic rings. The average Bonchev–Trinajstić information content (AvgIpc) is 3.07. The normalized spacial score (nSPS) is 19.4. The largest absolute Gasteiger partial charge is 0.391 e. The van der Waals surface area contributed by atoms with Gasteiger partial charge in [0.05, 0.1) is 18.1 Å². The Hall–Kier alpha value is -3.40. The number of rotatable bonds is 6. The van der Waals surface area contributed by atoms with Crippen molar-refractivity contribution in [3.8, 4) is 0 Å². The zero-order chi connectivity index (χ0) is 20.7. The van der Waals surface area contributed by atoms with E-state index in [1.165, 1.54) is 11.1 Å². The third-order valence-corrected chi connectivity index (χ3v) is 4.20. The summed E-state index contributed by atoms with van der Waals surface area (Å²) in [6.45, 7) is -0.0508. The summed E-state index contributed by atoms with van der Waals surface area (Å²) in [6, 6.07) is 6.16. The second kappa shape index (κ2) is 9.51. The highest BCUT2D eigenvalue weighted by Gasteiger charge is 2.40. The summed E-state index contributed by atoms with van der Waals surface area (Å²) < 4.78 is 0. The van der Waals surface area contributed by atoms with Crippen LogP contribution in [-0.4, -0.2) is 63.4 Å². The molecule has 0 bridgehead atoms. The Morgan fingerprint density at radius 2 is 1.93 bits per heavy atom. The van der Waals surface area contributed by atoms with Crippen LogP contribution < -0.4 is 16.8 Å². The molecule has 10 nitrogen and oxygen atoms in total. The van der Waals surface area contributed by atoms with Gasteiger partial charge in [0.1, 0.15) is 12.1 Å². The van der Waals surface area contributed by atoms with Crippen molar-refractivity contribution in [1.82, 2.24) is 15.2 Å². The monoisotopic (exact) mass is 389 g/mol. The smallest absolute Gasteiger partial charge is 0.256 e. The fourth-order valence-electron chi connectivity index (χ4n) is 2.86. The van der Waals surface area contributed by atoms with Gasteiger partial charge in [-0.3, -0.25) is 19.2 Å². The number of carbonyl (C=O) groups excluding carboxylic acids is 4. The number of nitrogens with zero attached hydrogens (tertiary/aromatic N) is 1. The van der Waals surface area contributed by atoms with E-state index in [0.29, 0.717) is 0 Å². The molecule has 1 aromatic heterocycles. The Kier molecular flexibility index (Phi) is 7.10. The van der Waals surface area contributed by atoms with E-state index in [1.807, 2.05) is 0 Å². The third-order valence-electron chi connectivity index (χ3n) is 4.20. The van der Waals surface area contributed by atoms with Gasteiger partial charge in [0.15, 0.2) is 0 Å². The quantitative estimate of drug-likeness (QED) is 0.400. The highest BCUT2D eigenvalue weighted by Crippen LogP contribution is 2.21. The van der Waals surface area contributed by atoms with Crippen LogP contribution >= 0.6 is 0 Å². The van der Waals surface area contributed by atoms with Gasteiger partial charge in [-0.2, -0.15) is 0 Å². The Morgan fingerprint density at radius 1 is 1.21 bits per heavy atom. The maximum Gasteiger partial charge on any atom is 0.256 e. The molecule has 7 N–H and O–H groups in total. The van der Waals surface area contributed by atoms with Crippen LogP contribution in [-0.2, 0) is 14.4 Å². The van der Waals surface area contributed by atoms with Gasteiger partial charge in [-0.05, 0) is 12.1 Å². The first-order chi connectivity index (χ1) is 13.3. The first-order valence-corrected chi connectivity index (χ1v) is 8.62. The van der Waals surface area contributed by atoms with Gasteiger partial charge < -0.3 is 31.8 Å². The lowest BCUT2D eigenvalue weighted by molar-refractivity contribution is -0.131. The minimum Gasteiger partial charge on any atom is -0.391 e. The van der Waals surface area contributed by atoms with E-state index in [2.05, 4.69) is 10.3 Å². The van der Waals surface area contributed by atoms with Gasteiger partial charge in [0.2, 0.25) is 17.7 Å². The number of β-amino-alcohol motifs (C(OH)–C–C–N with tert-alkyl or cyclic N) is 1. The Bertz CT molecular complexity index is 783. The summed E-state index contributed by atoms with van der Waals surface area (Å²) in [5.74, 6) is -2.91. The molecule has 10 heteroatoms. The summed E-state index contributed by atoms with van der Waals surface area (Å²) in [7, 11) is 0. The van der Waals surface area contributed by atoms with Crippen molar-refractivity contribution in [3.05, 3.63) is 48.3 Å². The fraction of sp³-hybridized carbons (Fsp3) is 0.333. The lowest BCUT2D eigenvalue weighted by Gasteiger charge is -2.25. The second-order valence-electron chi connectivity index (χ2n) is 6.37. The van der Waals surface area contributed by atoms with Crippen molar-refractivity contribution in [3.63, 3.8) is 0 Å². The molecule has 1 saturated heterocycles. The molecule has 0 spiro atoms. The van der Waals surface area contributed by atoms with Crippen molar-refractivity contribution in [1.29, 1.82) is 0 Å². The molecule has 28 heavy (non-hydrogen) atoms. The molecule has 0 aliphatic carbocycles. The van der Waals surface area contributed by atoms with E-state index in [4.69, 9.17) is 11.5 Å². The highest BCUT2D eigenvalue weighted by atomic mass is 16.3. The summed E-state index contributed by atoms with van der Waals surface area (Å²) >= 11 is 0. The van der Waals surface area contributed by atoms with E-state index in [0.717, 1.165) is 0 Å². The molecule has 0 radical (unpaired) electrons. The first-order valence-electron chi connectivity index (χ1n) is 8.62. The van der Waals surface area contributed by atoms with Crippen molar-refractivity contribution < 1.29 is 24.3 Å². The zero-order valence-corrected chi connectivity index (χ0v) is 15.1. The number of aromatic nitrogens is 1. The van der Waals surface area contributed by atoms with E-state index in [-0.39, 0.29) is 18.5 Å². The molecule has 0 aromatic carbocycles. The fourth-order valence-corrected chi connectivity index (χ4v) is 2.86. The second-order valence-corrected chi connectivity index (χ2v) is 6.37. The maximum absolute atomic E-state index is 12.9. The molecule has 2 heterocycles. The summed E-state index contributed by atoms with van der Waals surface area (Å²) in [5.41, 5.74) is 10.5. The maximum atomic E-state index is 12.9. The van der Waals surface area contributed by atoms with Crippen LogP contribution in [0.15, 0.2) is 42.7 Å². The van der Waals surface area contributed by atoms with Gasteiger partial charge in [0, 0.05) is 25.4 Å². The molecule has 1 fully saturated rings. The number of H-pyrrole nitrogens is 1. The van der Waals surface area contributed by atoms with Crippen LogP contribution in [0.25, 0.3) is 0 Å². The Labute approximate surface area is 161 Å². The summed E-state index contributed by atoms with van der Waals surface area (Å²) in [5, 5.41) is 12.3.